The normalized spacial score (nSPS) is 11.2. The molecule has 0 atom stereocenters. The summed E-state index contributed by atoms with van der Waals surface area (Å²) in [5.74, 6) is 0. The molecule has 0 amide bonds. The van der Waals surface area contributed by atoms with E-state index < -0.39 is 0 Å². The molecule has 2 aromatic heterocycles. The molecule has 0 aliphatic carbocycles. The van der Waals surface area contributed by atoms with Crippen LogP contribution in [0.5, 0.6) is 0 Å². The van der Waals surface area contributed by atoms with Crippen LogP contribution in [0.15, 0.2) is 9.59 Å². The average molecular weight is 237 g/mol. The van der Waals surface area contributed by atoms with Crippen molar-refractivity contribution in [2.24, 2.45) is 0 Å². The Labute approximate surface area is 97.1 Å². The summed E-state index contributed by atoms with van der Waals surface area (Å²) < 4.78 is 2.72. The molecule has 0 saturated carbocycles. The topological polar surface area (TPSA) is 85.6 Å². The quantitative estimate of drug-likeness (QED) is 0.817. The highest BCUT2D eigenvalue weighted by Crippen LogP contribution is 2.00. The molecular weight excluding hydrogens is 222 g/mol. The summed E-state index contributed by atoms with van der Waals surface area (Å²) in [6.45, 7) is 4.83. The van der Waals surface area contributed by atoms with Crippen molar-refractivity contribution in [2.45, 2.75) is 39.8 Å². The van der Waals surface area contributed by atoms with Gasteiger partial charge in [0.05, 0.1) is 0 Å². The fourth-order valence-corrected chi connectivity index (χ4v) is 1.85. The number of aryl methyl sites for hydroxylation is 1. The molecule has 7 nitrogen and oxygen atoms in total. The van der Waals surface area contributed by atoms with Gasteiger partial charge in [-0.3, -0.25) is 13.9 Å². The van der Waals surface area contributed by atoms with Gasteiger partial charge >= 0.3 is 5.69 Å². The molecule has 2 aromatic rings. The minimum Gasteiger partial charge on any atom is -0.274 e. The number of rotatable bonds is 4. The van der Waals surface area contributed by atoms with Crippen LogP contribution in [-0.4, -0.2) is 24.5 Å². The molecule has 0 spiro atoms. The van der Waals surface area contributed by atoms with Gasteiger partial charge in [0.2, 0.25) is 0 Å². The van der Waals surface area contributed by atoms with Gasteiger partial charge in [-0.05, 0) is 12.8 Å². The molecule has 0 radical (unpaired) electrons. The molecule has 0 aliphatic heterocycles. The molecule has 0 saturated heterocycles. The lowest BCUT2D eigenvalue weighted by Gasteiger charge is -2.08. The second-order valence-corrected chi connectivity index (χ2v) is 3.89. The predicted molar refractivity (Wildman–Crippen MR) is 63.0 cm³/mol. The molecule has 92 valence electrons. The number of H-pyrrole nitrogens is 1. The number of nitrogens with one attached hydrogen (secondary N) is 1. The van der Waals surface area contributed by atoms with Gasteiger partial charge in [0.1, 0.15) is 0 Å². The maximum atomic E-state index is 12.1. The Morgan fingerprint density at radius 3 is 2.35 bits per heavy atom. The molecule has 7 heteroatoms. The summed E-state index contributed by atoms with van der Waals surface area (Å²) >= 11 is 0. The van der Waals surface area contributed by atoms with Crippen LogP contribution in [0, 0.1) is 0 Å². The maximum Gasteiger partial charge on any atom is 0.332 e. The van der Waals surface area contributed by atoms with Crippen molar-refractivity contribution in [1.82, 2.24) is 24.5 Å². The summed E-state index contributed by atoms with van der Waals surface area (Å²) in [6, 6.07) is 0. The van der Waals surface area contributed by atoms with Crippen LogP contribution in [0.2, 0.25) is 0 Å². The van der Waals surface area contributed by atoms with Gasteiger partial charge in [0, 0.05) is 13.1 Å². The summed E-state index contributed by atoms with van der Waals surface area (Å²) in [6.07, 6.45) is 1.52. The molecule has 0 aromatic carbocycles. The second kappa shape index (κ2) is 4.52. The Bertz CT molecular complexity index is 636. The fourth-order valence-electron chi connectivity index (χ4n) is 1.85. The molecule has 0 fully saturated rings. The van der Waals surface area contributed by atoms with E-state index in [1.165, 1.54) is 9.13 Å². The first kappa shape index (κ1) is 11.6. The van der Waals surface area contributed by atoms with Crippen molar-refractivity contribution in [3.63, 3.8) is 0 Å². The summed E-state index contributed by atoms with van der Waals surface area (Å²) in [7, 11) is 0. The summed E-state index contributed by atoms with van der Waals surface area (Å²) in [5.41, 5.74) is -0.103. The van der Waals surface area contributed by atoms with E-state index in [9.17, 15) is 9.59 Å². The highest BCUT2D eigenvalue weighted by Gasteiger charge is 2.14. The molecule has 0 bridgehead atoms. The van der Waals surface area contributed by atoms with Crippen molar-refractivity contribution in [3.05, 3.63) is 20.8 Å². The van der Waals surface area contributed by atoms with E-state index in [1.807, 2.05) is 13.8 Å². The zero-order valence-electron chi connectivity index (χ0n) is 9.93. The average Bonchev–Trinajstić information content (AvgIpc) is 2.79. The van der Waals surface area contributed by atoms with Crippen molar-refractivity contribution < 1.29 is 0 Å². The molecule has 0 unspecified atom stereocenters. The van der Waals surface area contributed by atoms with E-state index in [-0.39, 0.29) is 16.8 Å². The maximum absolute atomic E-state index is 12.1. The largest absolute Gasteiger partial charge is 0.332 e. The zero-order chi connectivity index (χ0) is 12.4. The molecule has 1 N–H and O–H groups in total. The molecular formula is C10H15N5O2. The summed E-state index contributed by atoms with van der Waals surface area (Å²) in [5, 5.41) is 10.1. The zero-order valence-corrected chi connectivity index (χ0v) is 9.93. The van der Waals surface area contributed by atoms with Crippen LogP contribution < -0.4 is 11.2 Å². The number of aromatic amines is 1. The third-order valence-corrected chi connectivity index (χ3v) is 2.59. The van der Waals surface area contributed by atoms with E-state index in [0.717, 1.165) is 12.8 Å². The first-order chi connectivity index (χ1) is 8.20. The monoisotopic (exact) mass is 237 g/mol. The highest BCUT2D eigenvalue weighted by atomic mass is 16.2. The minimum atomic E-state index is -0.368. The number of nitrogens with zero attached hydrogens (tertiary/aromatic N) is 4. The SMILES string of the molecule is CCCn1c(=O)c2n[nH]nc2n(CCC)c1=O. The van der Waals surface area contributed by atoms with Crippen LogP contribution in [-0.2, 0) is 13.1 Å². The number of hydrogen-bond acceptors (Lipinski definition) is 4. The lowest BCUT2D eigenvalue weighted by molar-refractivity contribution is 0.555. The molecule has 17 heavy (non-hydrogen) atoms. The van der Waals surface area contributed by atoms with Crippen LogP contribution in [0.25, 0.3) is 11.2 Å². The lowest BCUT2D eigenvalue weighted by Crippen LogP contribution is -2.40. The van der Waals surface area contributed by atoms with E-state index >= 15 is 0 Å². The van der Waals surface area contributed by atoms with Crippen molar-refractivity contribution in [1.29, 1.82) is 0 Å². The second-order valence-electron chi connectivity index (χ2n) is 3.89. The van der Waals surface area contributed by atoms with E-state index in [1.54, 1.807) is 0 Å². The first-order valence-electron chi connectivity index (χ1n) is 5.74. The van der Waals surface area contributed by atoms with E-state index in [4.69, 9.17) is 0 Å². The Kier molecular flexibility index (Phi) is 3.08. The third kappa shape index (κ3) is 1.77. The Balaban J connectivity index is 2.82. The van der Waals surface area contributed by atoms with Gasteiger partial charge in [-0.25, -0.2) is 4.79 Å². The number of hydrogen-bond donors (Lipinski definition) is 1. The third-order valence-electron chi connectivity index (χ3n) is 2.59. The van der Waals surface area contributed by atoms with Crippen LogP contribution in [0.3, 0.4) is 0 Å². The Hall–Kier alpha value is -1.92. The Morgan fingerprint density at radius 1 is 1.06 bits per heavy atom. The lowest BCUT2D eigenvalue weighted by atomic mass is 10.4. The van der Waals surface area contributed by atoms with E-state index in [2.05, 4.69) is 15.4 Å². The van der Waals surface area contributed by atoms with Crippen LogP contribution in [0.4, 0.5) is 0 Å². The standard InChI is InChI=1S/C10H15N5O2/c1-3-5-14-8-7(11-13-12-8)9(16)15(6-4-2)10(14)17/h3-6H2,1-2H3,(H,11,12,13). The van der Waals surface area contributed by atoms with Crippen molar-refractivity contribution in [2.75, 3.05) is 0 Å². The highest BCUT2D eigenvalue weighted by molar-refractivity contribution is 5.67. The fraction of sp³-hybridized carbons (Fsp3) is 0.600. The van der Waals surface area contributed by atoms with Crippen molar-refractivity contribution >= 4 is 11.2 Å². The van der Waals surface area contributed by atoms with Gasteiger partial charge in [-0.1, -0.05) is 13.8 Å². The van der Waals surface area contributed by atoms with Gasteiger partial charge in [0.25, 0.3) is 5.56 Å². The predicted octanol–water partition coefficient (Wildman–Crippen LogP) is 0.101. The van der Waals surface area contributed by atoms with Gasteiger partial charge in [-0.2, -0.15) is 5.21 Å². The van der Waals surface area contributed by atoms with E-state index in [0.29, 0.717) is 18.7 Å². The smallest absolute Gasteiger partial charge is 0.274 e. The Morgan fingerprint density at radius 2 is 1.71 bits per heavy atom. The minimum absolute atomic E-state index is 0.228. The molecule has 0 aliphatic rings. The van der Waals surface area contributed by atoms with Gasteiger partial charge in [-0.15, -0.1) is 10.2 Å². The molecule has 2 rings (SSSR count). The first-order valence-corrected chi connectivity index (χ1v) is 5.74. The van der Waals surface area contributed by atoms with Crippen molar-refractivity contribution in [3.8, 4) is 0 Å². The van der Waals surface area contributed by atoms with Crippen LogP contribution in [0.1, 0.15) is 26.7 Å². The number of aromatic nitrogens is 5. The molecule has 2 heterocycles. The van der Waals surface area contributed by atoms with Crippen LogP contribution >= 0.6 is 0 Å². The van der Waals surface area contributed by atoms with Gasteiger partial charge in [0.15, 0.2) is 11.2 Å². The summed E-state index contributed by atoms with van der Waals surface area (Å²) in [4.78, 5) is 24.1. The number of fused-ring (bicyclic) bond motifs is 1. The van der Waals surface area contributed by atoms with Gasteiger partial charge < -0.3 is 0 Å².